The Labute approximate surface area is 585 Å². The molecule has 0 saturated heterocycles. The second-order valence-electron chi connectivity index (χ2n) is 26.3. The molecule has 0 aromatic carbocycles. The Morgan fingerprint density at radius 2 is 0.510 bits per heavy atom. The van der Waals surface area contributed by atoms with Gasteiger partial charge in [-0.3, -0.25) is 37.3 Å². The van der Waals surface area contributed by atoms with Crippen molar-refractivity contribution in [3.8, 4) is 0 Å². The zero-order valence-electron chi connectivity index (χ0n) is 61.3. The maximum Gasteiger partial charge on any atom is 0.472 e. The van der Waals surface area contributed by atoms with Crippen LogP contribution in [0.2, 0.25) is 0 Å². The first-order valence-electron chi connectivity index (χ1n) is 38.9. The van der Waals surface area contributed by atoms with Gasteiger partial charge in [-0.15, -0.1) is 0 Å². The van der Waals surface area contributed by atoms with Crippen LogP contribution in [0.4, 0.5) is 0 Å². The third-order valence-corrected chi connectivity index (χ3v) is 18.7. The number of hydrogen-bond acceptors (Lipinski definition) is 15. The fourth-order valence-electron chi connectivity index (χ4n) is 10.8. The predicted molar refractivity (Wildman–Crippen MR) is 390 cm³/mol. The van der Waals surface area contributed by atoms with E-state index in [0.29, 0.717) is 25.7 Å². The Hall–Kier alpha value is -2.98. The van der Waals surface area contributed by atoms with Crippen LogP contribution in [0.1, 0.15) is 362 Å². The van der Waals surface area contributed by atoms with Crippen molar-refractivity contribution in [2.75, 3.05) is 39.6 Å². The molecule has 0 fully saturated rings. The van der Waals surface area contributed by atoms with Crippen molar-refractivity contribution < 1.29 is 80.2 Å². The molecule has 0 amide bonds. The van der Waals surface area contributed by atoms with Gasteiger partial charge in [0.2, 0.25) is 0 Å². The van der Waals surface area contributed by atoms with Gasteiger partial charge in [-0.2, -0.15) is 0 Å². The van der Waals surface area contributed by atoms with Crippen LogP contribution < -0.4 is 0 Å². The summed E-state index contributed by atoms with van der Waals surface area (Å²) in [6.07, 6.45) is 66.6. The van der Waals surface area contributed by atoms with Crippen LogP contribution >= 0.6 is 15.6 Å². The largest absolute Gasteiger partial charge is 0.472 e. The van der Waals surface area contributed by atoms with Gasteiger partial charge < -0.3 is 33.8 Å². The molecule has 0 heterocycles. The third kappa shape index (κ3) is 69.5. The van der Waals surface area contributed by atoms with Gasteiger partial charge in [0.25, 0.3) is 0 Å². The van der Waals surface area contributed by atoms with Crippen LogP contribution in [-0.4, -0.2) is 96.7 Å². The molecule has 0 rings (SSSR count). The van der Waals surface area contributed by atoms with Crippen LogP contribution in [-0.2, 0) is 65.4 Å². The van der Waals surface area contributed by atoms with Gasteiger partial charge in [-0.1, -0.05) is 275 Å². The number of allylic oxidation sites excluding steroid dienone is 8. The molecule has 0 aromatic heterocycles. The summed E-state index contributed by atoms with van der Waals surface area (Å²) in [7, 11) is -9.94. The van der Waals surface area contributed by atoms with Crippen LogP contribution in [0.25, 0.3) is 0 Å². The van der Waals surface area contributed by atoms with Gasteiger partial charge in [0.05, 0.1) is 26.4 Å². The summed E-state index contributed by atoms with van der Waals surface area (Å²) in [5.41, 5.74) is 0. The normalized spacial score (nSPS) is 14.2. The van der Waals surface area contributed by atoms with Crippen molar-refractivity contribution in [2.24, 2.45) is 0 Å². The number of rotatable bonds is 74. The van der Waals surface area contributed by atoms with E-state index in [1.54, 1.807) is 0 Å². The molecule has 0 aliphatic heterocycles. The standard InChI is InChI=1S/C77H142O17P2/c1-5-9-13-17-21-25-29-33-35-39-42-46-50-54-58-62-75(80)88-68-72(93-76(81)63-59-55-51-47-43-38-32-28-24-20-16-12-8-4)69-91-95(83,84)89-65-71(78)66-90-96(85,86)92-70-73(67-87-74(79)61-57-53-49-45-41-37-31-27-23-19-15-11-7-3)94-77(82)64-60-56-52-48-44-40-36-34-30-26-22-18-14-10-6-2/h21,25,27,31,33-36,71-73,78H,5-20,22-24,26,28-30,32,37-70H2,1-4H3,(H,83,84)(H,85,86)/b25-21-,31-27-,35-33-,36-34-/t71-,72-,73-/m1/s1. The minimum atomic E-state index is -4.97. The van der Waals surface area contributed by atoms with E-state index in [1.165, 1.54) is 135 Å². The molecule has 0 spiro atoms. The summed E-state index contributed by atoms with van der Waals surface area (Å²) in [6, 6.07) is 0. The number of carbonyl (C=O) groups is 4. The maximum absolute atomic E-state index is 13.1. The lowest BCUT2D eigenvalue weighted by Gasteiger charge is -2.21. The van der Waals surface area contributed by atoms with Gasteiger partial charge in [-0.25, -0.2) is 9.13 Å². The summed E-state index contributed by atoms with van der Waals surface area (Å²) in [6.45, 7) is 4.86. The average Bonchev–Trinajstić information content (AvgIpc) is 1.17. The molecule has 0 saturated carbocycles. The first-order valence-corrected chi connectivity index (χ1v) is 41.9. The van der Waals surface area contributed by atoms with Crippen molar-refractivity contribution in [1.29, 1.82) is 0 Å². The van der Waals surface area contributed by atoms with E-state index in [2.05, 4.69) is 76.3 Å². The summed E-state index contributed by atoms with van der Waals surface area (Å²) < 4.78 is 68.5. The highest BCUT2D eigenvalue weighted by atomic mass is 31.2. The van der Waals surface area contributed by atoms with Crippen LogP contribution in [0.3, 0.4) is 0 Å². The molecule has 0 aliphatic carbocycles. The fourth-order valence-corrected chi connectivity index (χ4v) is 12.3. The molecule has 0 radical (unpaired) electrons. The fraction of sp³-hybridized carbons (Fsp3) is 0.844. The van der Waals surface area contributed by atoms with Crippen molar-refractivity contribution in [3.63, 3.8) is 0 Å². The Morgan fingerprint density at radius 3 is 0.812 bits per heavy atom. The van der Waals surface area contributed by atoms with E-state index in [9.17, 15) is 43.2 Å². The second-order valence-corrected chi connectivity index (χ2v) is 29.2. The van der Waals surface area contributed by atoms with Crippen LogP contribution in [0, 0.1) is 0 Å². The number of phosphoric ester groups is 2. The highest BCUT2D eigenvalue weighted by molar-refractivity contribution is 7.47. The third-order valence-electron chi connectivity index (χ3n) is 16.8. The number of unbranched alkanes of at least 4 members (excludes halogenated alkanes) is 40. The van der Waals surface area contributed by atoms with E-state index in [4.69, 9.17) is 37.0 Å². The molecule has 0 aromatic rings. The van der Waals surface area contributed by atoms with Gasteiger partial charge in [0, 0.05) is 25.7 Å². The average molecular weight is 1400 g/mol. The Morgan fingerprint density at radius 1 is 0.292 bits per heavy atom. The highest BCUT2D eigenvalue weighted by Gasteiger charge is 2.30. The van der Waals surface area contributed by atoms with Crippen molar-refractivity contribution >= 4 is 39.5 Å². The van der Waals surface area contributed by atoms with Gasteiger partial charge >= 0.3 is 39.5 Å². The minimum Gasteiger partial charge on any atom is -0.462 e. The number of ether oxygens (including phenoxy) is 4. The maximum atomic E-state index is 13.1. The lowest BCUT2D eigenvalue weighted by Crippen LogP contribution is -2.30. The molecule has 0 bridgehead atoms. The number of aliphatic hydroxyl groups excluding tert-OH is 1. The molecule has 5 atom stereocenters. The molecular weight excluding hydrogens is 1260 g/mol. The number of carbonyl (C=O) groups excluding carboxylic acids is 4. The highest BCUT2D eigenvalue weighted by Crippen LogP contribution is 2.45. The van der Waals surface area contributed by atoms with Gasteiger partial charge in [0.15, 0.2) is 12.2 Å². The van der Waals surface area contributed by atoms with E-state index >= 15 is 0 Å². The van der Waals surface area contributed by atoms with Crippen molar-refractivity contribution in [1.82, 2.24) is 0 Å². The van der Waals surface area contributed by atoms with E-state index in [0.717, 1.165) is 148 Å². The minimum absolute atomic E-state index is 0.0885. The number of esters is 4. The Bertz CT molecular complexity index is 2010. The SMILES string of the molecule is CCCCC/C=C\C/C=C\CCCCCCCC(=O)OC[C@H](COP(=O)(O)OC[C@@H](O)COP(=O)(O)OC[C@@H](COC(=O)CCCCCCC/C=C\CCCCCC)OC(=O)CCCCCCC/C=C\CCCCCCCC)OC(=O)CCCCCCCCCCCCCCC. The topological polar surface area (TPSA) is 237 Å². The Kier molecular flexibility index (Phi) is 68.3. The molecule has 3 N–H and O–H groups in total. The van der Waals surface area contributed by atoms with Crippen molar-refractivity contribution in [3.05, 3.63) is 48.6 Å². The number of aliphatic hydroxyl groups is 1. The second kappa shape index (κ2) is 70.5. The Balaban J connectivity index is 5.33. The van der Waals surface area contributed by atoms with E-state index in [-0.39, 0.29) is 25.7 Å². The zero-order valence-corrected chi connectivity index (χ0v) is 63.1. The van der Waals surface area contributed by atoms with Gasteiger partial charge in [0.1, 0.15) is 19.3 Å². The summed E-state index contributed by atoms with van der Waals surface area (Å²) in [4.78, 5) is 72.8. The van der Waals surface area contributed by atoms with Crippen molar-refractivity contribution in [2.45, 2.75) is 380 Å². The first kappa shape index (κ1) is 93.0. The van der Waals surface area contributed by atoms with E-state index < -0.39 is 97.5 Å². The smallest absolute Gasteiger partial charge is 0.462 e. The zero-order chi connectivity index (χ0) is 70.4. The summed E-state index contributed by atoms with van der Waals surface area (Å²) in [5, 5.41) is 10.6. The molecule has 19 heteroatoms. The van der Waals surface area contributed by atoms with Crippen LogP contribution in [0.15, 0.2) is 48.6 Å². The number of hydrogen-bond donors (Lipinski definition) is 3. The van der Waals surface area contributed by atoms with Gasteiger partial charge in [-0.05, 0) is 109 Å². The van der Waals surface area contributed by atoms with E-state index in [1.807, 2.05) is 0 Å². The summed E-state index contributed by atoms with van der Waals surface area (Å²) in [5.74, 6) is -2.17. The first-order chi connectivity index (χ1) is 46.7. The monoisotopic (exact) mass is 1400 g/mol. The lowest BCUT2D eigenvalue weighted by atomic mass is 10.0. The predicted octanol–water partition coefficient (Wildman–Crippen LogP) is 22.1. The number of phosphoric acid groups is 2. The molecule has 96 heavy (non-hydrogen) atoms. The van der Waals surface area contributed by atoms with Crippen LogP contribution in [0.5, 0.6) is 0 Å². The molecule has 562 valence electrons. The molecule has 17 nitrogen and oxygen atoms in total. The quantitative estimate of drug-likeness (QED) is 0.0169. The molecule has 0 aliphatic rings. The molecule has 2 unspecified atom stereocenters. The molecular formula is C77H142O17P2. The summed E-state index contributed by atoms with van der Waals surface area (Å²) >= 11 is 0. The lowest BCUT2D eigenvalue weighted by molar-refractivity contribution is -0.161.